The molecule has 0 aromatic heterocycles. The molecule has 0 heterocycles. The number of amides is 1. The molecular formula is C18H28F3IN4O2. The number of benzene rings is 1. The number of hydrogen-bond donors (Lipinski definition) is 3. The van der Waals surface area contributed by atoms with Crippen LogP contribution in [0.1, 0.15) is 38.3 Å². The van der Waals surface area contributed by atoms with E-state index < -0.39 is 23.4 Å². The number of halogens is 4. The Morgan fingerprint density at radius 1 is 1.04 bits per heavy atom. The highest BCUT2D eigenvalue weighted by Gasteiger charge is 2.29. The van der Waals surface area contributed by atoms with Gasteiger partial charge in [-0.05, 0) is 44.9 Å². The fourth-order valence-corrected chi connectivity index (χ4v) is 2.02. The maximum absolute atomic E-state index is 12.5. The van der Waals surface area contributed by atoms with E-state index >= 15 is 0 Å². The van der Waals surface area contributed by atoms with Gasteiger partial charge in [-0.25, -0.2) is 4.79 Å². The highest BCUT2D eigenvalue weighted by molar-refractivity contribution is 14.0. The van der Waals surface area contributed by atoms with Gasteiger partial charge < -0.3 is 20.7 Å². The average Bonchev–Trinajstić information content (AvgIpc) is 2.55. The van der Waals surface area contributed by atoms with Crippen molar-refractivity contribution in [2.24, 2.45) is 4.99 Å². The van der Waals surface area contributed by atoms with Crippen molar-refractivity contribution in [3.8, 4) is 0 Å². The second-order valence-corrected chi connectivity index (χ2v) is 6.83. The molecule has 0 saturated carbocycles. The highest BCUT2D eigenvalue weighted by atomic mass is 127. The summed E-state index contributed by atoms with van der Waals surface area (Å²) in [4.78, 5) is 15.5. The van der Waals surface area contributed by atoms with Gasteiger partial charge in [0.2, 0.25) is 0 Å². The summed E-state index contributed by atoms with van der Waals surface area (Å²) in [5, 5.41) is 8.74. The van der Waals surface area contributed by atoms with Crippen molar-refractivity contribution in [2.45, 2.75) is 45.5 Å². The number of alkyl halides is 3. The lowest BCUT2D eigenvalue weighted by atomic mass is 10.1. The first-order valence-corrected chi connectivity index (χ1v) is 8.59. The summed E-state index contributed by atoms with van der Waals surface area (Å²) < 4.78 is 42.8. The molecular weight excluding hydrogens is 488 g/mol. The molecule has 28 heavy (non-hydrogen) atoms. The zero-order chi connectivity index (χ0) is 20.5. The van der Waals surface area contributed by atoms with Crippen LogP contribution in [-0.2, 0) is 17.5 Å². The Morgan fingerprint density at radius 3 is 2.11 bits per heavy atom. The number of carbonyl (C=O) groups excluding carboxylic acids is 1. The lowest BCUT2D eigenvalue weighted by Gasteiger charge is -2.19. The Kier molecular flexibility index (Phi) is 11.2. The SMILES string of the molecule is CN=C(NCCCNC(=O)OC(C)(C)C)NCc1ccc(C(F)(F)F)cc1.I. The van der Waals surface area contributed by atoms with Crippen LogP contribution >= 0.6 is 24.0 Å². The standard InChI is InChI=1S/C18H27F3N4O2.HI/c1-17(2,3)27-16(26)24-11-5-10-23-15(22-4)25-12-13-6-8-14(9-7-13)18(19,20)21;/h6-9H,5,10-12H2,1-4H3,(H,24,26)(H2,22,23,25);1H. The van der Waals surface area contributed by atoms with Crippen molar-refractivity contribution < 1.29 is 22.7 Å². The maximum atomic E-state index is 12.5. The lowest BCUT2D eigenvalue weighted by molar-refractivity contribution is -0.137. The number of rotatable bonds is 6. The number of nitrogens with zero attached hydrogens (tertiary/aromatic N) is 1. The van der Waals surface area contributed by atoms with Crippen molar-refractivity contribution in [3.63, 3.8) is 0 Å². The van der Waals surface area contributed by atoms with Crippen LogP contribution in [0.3, 0.4) is 0 Å². The quantitative estimate of drug-likeness (QED) is 0.232. The molecule has 1 aromatic rings. The molecule has 0 radical (unpaired) electrons. The predicted octanol–water partition coefficient (Wildman–Crippen LogP) is 3.90. The number of guanidine groups is 1. The van der Waals surface area contributed by atoms with E-state index in [0.29, 0.717) is 37.6 Å². The van der Waals surface area contributed by atoms with Crippen LogP contribution in [0, 0.1) is 0 Å². The third-order valence-electron chi connectivity index (χ3n) is 3.28. The molecule has 0 aliphatic carbocycles. The lowest BCUT2D eigenvalue weighted by Crippen LogP contribution is -2.39. The maximum Gasteiger partial charge on any atom is 0.416 e. The Morgan fingerprint density at radius 2 is 1.61 bits per heavy atom. The summed E-state index contributed by atoms with van der Waals surface area (Å²) in [5.41, 5.74) is -0.504. The zero-order valence-corrected chi connectivity index (χ0v) is 18.8. The normalized spacial score (nSPS) is 12.0. The first-order chi connectivity index (χ1) is 12.5. The molecule has 0 saturated heterocycles. The smallest absolute Gasteiger partial charge is 0.416 e. The fraction of sp³-hybridized carbons (Fsp3) is 0.556. The van der Waals surface area contributed by atoms with E-state index in [0.717, 1.165) is 12.1 Å². The van der Waals surface area contributed by atoms with Crippen LogP contribution in [0.4, 0.5) is 18.0 Å². The van der Waals surface area contributed by atoms with E-state index in [4.69, 9.17) is 4.74 Å². The minimum Gasteiger partial charge on any atom is -0.444 e. The zero-order valence-electron chi connectivity index (χ0n) is 16.4. The van der Waals surface area contributed by atoms with Gasteiger partial charge in [0.05, 0.1) is 5.56 Å². The topological polar surface area (TPSA) is 74.8 Å². The third kappa shape index (κ3) is 11.2. The fourth-order valence-electron chi connectivity index (χ4n) is 2.02. The van der Waals surface area contributed by atoms with E-state index in [9.17, 15) is 18.0 Å². The Labute approximate surface area is 180 Å². The molecule has 1 aromatic carbocycles. The van der Waals surface area contributed by atoms with Crippen molar-refractivity contribution in [1.82, 2.24) is 16.0 Å². The minimum atomic E-state index is -4.34. The third-order valence-corrected chi connectivity index (χ3v) is 3.28. The first kappa shape index (κ1) is 26.3. The number of carbonyl (C=O) groups is 1. The molecule has 3 N–H and O–H groups in total. The van der Waals surface area contributed by atoms with Gasteiger partial charge in [0.1, 0.15) is 5.60 Å². The Hall–Kier alpha value is -1.72. The summed E-state index contributed by atoms with van der Waals surface area (Å²) >= 11 is 0. The van der Waals surface area contributed by atoms with Crippen LogP contribution in [-0.4, -0.2) is 37.8 Å². The molecule has 1 rings (SSSR count). The predicted molar refractivity (Wildman–Crippen MR) is 114 cm³/mol. The molecule has 0 bridgehead atoms. The molecule has 0 atom stereocenters. The number of ether oxygens (including phenoxy) is 1. The largest absolute Gasteiger partial charge is 0.444 e. The summed E-state index contributed by atoms with van der Waals surface area (Å²) in [6.07, 6.45) is -4.15. The summed E-state index contributed by atoms with van der Waals surface area (Å²) in [6.45, 7) is 6.72. The van der Waals surface area contributed by atoms with Crippen LogP contribution in [0.15, 0.2) is 29.3 Å². The Balaban J connectivity index is 0.00000729. The van der Waals surface area contributed by atoms with Gasteiger partial charge >= 0.3 is 12.3 Å². The van der Waals surface area contributed by atoms with Gasteiger partial charge in [0, 0.05) is 26.7 Å². The highest BCUT2D eigenvalue weighted by Crippen LogP contribution is 2.28. The van der Waals surface area contributed by atoms with E-state index in [-0.39, 0.29) is 24.0 Å². The molecule has 0 unspecified atom stereocenters. The molecule has 0 aliphatic rings. The molecule has 10 heteroatoms. The van der Waals surface area contributed by atoms with Gasteiger partial charge in [-0.3, -0.25) is 4.99 Å². The van der Waals surface area contributed by atoms with Crippen LogP contribution < -0.4 is 16.0 Å². The van der Waals surface area contributed by atoms with Crippen LogP contribution in [0.2, 0.25) is 0 Å². The van der Waals surface area contributed by atoms with Gasteiger partial charge in [0.25, 0.3) is 0 Å². The van der Waals surface area contributed by atoms with Crippen LogP contribution in [0.5, 0.6) is 0 Å². The minimum absolute atomic E-state index is 0. The molecule has 1 amide bonds. The van der Waals surface area contributed by atoms with E-state index in [1.165, 1.54) is 12.1 Å². The molecule has 0 aliphatic heterocycles. The van der Waals surface area contributed by atoms with Crippen molar-refractivity contribution >= 4 is 36.0 Å². The monoisotopic (exact) mass is 516 g/mol. The van der Waals surface area contributed by atoms with E-state index in [2.05, 4.69) is 20.9 Å². The van der Waals surface area contributed by atoms with Crippen molar-refractivity contribution in [2.75, 3.05) is 20.1 Å². The molecule has 0 fully saturated rings. The van der Waals surface area contributed by atoms with Gasteiger partial charge in [-0.2, -0.15) is 13.2 Å². The molecule has 160 valence electrons. The molecule has 6 nitrogen and oxygen atoms in total. The first-order valence-electron chi connectivity index (χ1n) is 8.59. The number of alkyl carbamates (subject to hydrolysis) is 1. The number of nitrogens with one attached hydrogen (secondary N) is 3. The number of hydrogen-bond acceptors (Lipinski definition) is 3. The van der Waals surface area contributed by atoms with Gasteiger partial charge in [-0.1, -0.05) is 12.1 Å². The van der Waals surface area contributed by atoms with E-state index in [1.807, 2.05) is 0 Å². The Bertz CT molecular complexity index is 629. The van der Waals surface area contributed by atoms with Gasteiger partial charge in [-0.15, -0.1) is 24.0 Å². The second kappa shape index (κ2) is 12.0. The number of aliphatic imine (C=N–C) groups is 1. The second-order valence-electron chi connectivity index (χ2n) is 6.83. The van der Waals surface area contributed by atoms with Crippen molar-refractivity contribution in [3.05, 3.63) is 35.4 Å². The summed E-state index contributed by atoms with van der Waals surface area (Å²) in [5.74, 6) is 0.521. The average molecular weight is 516 g/mol. The van der Waals surface area contributed by atoms with Crippen LogP contribution in [0.25, 0.3) is 0 Å². The van der Waals surface area contributed by atoms with Crippen molar-refractivity contribution in [1.29, 1.82) is 0 Å². The van der Waals surface area contributed by atoms with Gasteiger partial charge in [0.15, 0.2) is 5.96 Å². The molecule has 0 spiro atoms. The summed E-state index contributed by atoms with van der Waals surface area (Å²) in [7, 11) is 1.60. The van der Waals surface area contributed by atoms with E-state index in [1.54, 1.807) is 27.8 Å². The summed E-state index contributed by atoms with van der Waals surface area (Å²) in [6, 6.07) is 4.95.